The lowest BCUT2D eigenvalue weighted by Crippen LogP contribution is -2.20. The predicted octanol–water partition coefficient (Wildman–Crippen LogP) is 7.15. The summed E-state index contributed by atoms with van der Waals surface area (Å²) in [5.74, 6) is -0.555. The molecule has 3 rings (SSSR count). The minimum absolute atomic E-state index is 0.122. The Morgan fingerprint density at radius 1 is 1.00 bits per heavy atom. The number of ether oxygens (including phenoxy) is 1. The summed E-state index contributed by atoms with van der Waals surface area (Å²) in [5, 5.41) is 6.73. The van der Waals surface area contributed by atoms with Gasteiger partial charge in [0.15, 0.2) is 5.71 Å². The Morgan fingerprint density at radius 2 is 1.62 bits per heavy atom. The van der Waals surface area contributed by atoms with E-state index < -0.39 is 5.97 Å². The number of carbonyl (C=O) groups excluding carboxylic acids is 1. The van der Waals surface area contributed by atoms with Crippen LogP contribution in [0.3, 0.4) is 0 Å². The maximum Gasteiger partial charge on any atom is 0.360 e. The summed E-state index contributed by atoms with van der Waals surface area (Å²) < 4.78 is 7.26. The Hall–Kier alpha value is -2.09. The van der Waals surface area contributed by atoms with E-state index in [2.05, 4.69) is 55.6 Å². The highest BCUT2D eigenvalue weighted by Gasteiger charge is 2.27. The number of aromatic nitrogens is 1. The third-order valence-corrected chi connectivity index (χ3v) is 8.26. The maximum atomic E-state index is 12.4. The van der Waals surface area contributed by atoms with Crippen molar-refractivity contribution in [3.8, 4) is 0 Å². The Kier molecular flexibility index (Phi) is 9.39. The van der Waals surface area contributed by atoms with Crippen LogP contribution in [-0.2, 0) is 20.9 Å². The summed E-state index contributed by atoms with van der Waals surface area (Å²) in [6.07, 6.45) is 0. The van der Waals surface area contributed by atoms with Gasteiger partial charge in [0.2, 0.25) is 0 Å². The van der Waals surface area contributed by atoms with Crippen LogP contribution in [0.25, 0.3) is 10.9 Å². The van der Waals surface area contributed by atoms with E-state index in [1.165, 1.54) is 14.2 Å². The number of nitrogens with zero attached hydrogens (tertiary/aromatic N) is 2. The summed E-state index contributed by atoms with van der Waals surface area (Å²) >= 11 is 11.0. The maximum absolute atomic E-state index is 12.4. The van der Waals surface area contributed by atoms with Crippen molar-refractivity contribution in [3.63, 3.8) is 0 Å². The summed E-state index contributed by atoms with van der Waals surface area (Å²) in [6, 6.07) is 15.9. The van der Waals surface area contributed by atoms with Crippen LogP contribution in [0.2, 0.25) is 5.15 Å². The number of esters is 1. The molecule has 0 radical (unpaired) electrons. The number of thioether (sulfide) groups is 2. The van der Waals surface area contributed by atoms with Gasteiger partial charge in [0.25, 0.3) is 0 Å². The third-order valence-electron chi connectivity index (χ3n) is 5.13. The van der Waals surface area contributed by atoms with Gasteiger partial charge in [-0.25, -0.2) is 4.79 Å². The van der Waals surface area contributed by atoms with Gasteiger partial charge < -0.3 is 14.1 Å². The van der Waals surface area contributed by atoms with E-state index in [4.69, 9.17) is 21.2 Å². The molecular weight excluding hydrogens is 488 g/mol. The average Bonchev–Trinajstić information content (AvgIpc) is 3.07. The van der Waals surface area contributed by atoms with Crippen molar-refractivity contribution in [1.29, 1.82) is 0 Å². The SMILES string of the molecule is CON=C(C(=O)OC)c1ccccc1Cn1c(Cl)c(C(SC(C)C)SC(C)C)c2ccccc21. The zero-order valence-electron chi connectivity index (χ0n) is 20.4. The summed E-state index contributed by atoms with van der Waals surface area (Å²) in [4.78, 5) is 17.4. The third kappa shape index (κ3) is 5.93. The Bertz CT molecular complexity index is 1160. The molecule has 0 bridgehead atoms. The first-order valence-corrected chi connectivity index (χ1v) is 13.4. The number of benzene rings is 2. The molecule has 0 spiro atoms. The van der Waals surface area contributed by atoms with E-state index in [0.717, 1.165) is 22.0 Å². The van der Waals surface area contributed by atoms with Crippen LogP contribution in [0.4, 0.5) is 0 Å². The smallest absolute Gasteiger partial charge is 0.360 e. The Balaban J connectivity index is 2.16. The first kappa shape index (κ1) is 26.5. The van der Waals surface area contributed by atoms with Gasteiger partial charge in [-0.2, -0.15) is 0 Å². The van der Waals surface area contributed by atoms with Crippen molar-refractivity contribution in [3.05, 3.63) is 70.4 Å². The van der Waals surface area contributed by atoms with Crippen LogP contribution in [-0.4, -0.2) is 41.0 Å². The van der Waals surface area contributed by atoms with Crippen molar-refractivity contribution in [2.24, 2.45) is 5.16 Å². The van der Waals surface area contributed by atoms with E-state index in [1.54, 1.807) is 0 Å². The van der Waals surface area contributed by atoms with E-state index in [-0.39, 0.29) is 10.3 Å². The van der Waals surface area contributed by atoms with Crippen molar-refractivity contribution >= 4 is 57.7 Å². The first-order chi connectivity index (χ1) is 16.3. The van der Waals surface area contributed by atoms with Gasteiger partial charge in [0.05, 0.1) is 11.7 Å². The van der Waals surface area contributed by atoms with Crippen LogP contribution in [0, 0.1) is 0 Å². The van der Waals surface area contributed by atoms with Gasteiger partial charge in [0.1, 0.15) is 12.3 Å². The standard InChI is InChI=1S/C26H31ClN2O3S2/c1-16(2)33-26(34-17(3)4)22-20-13-9-10-14-21(20)29(24(22)27)15-18-11-7-8-12-19(18)23(28-32-6)25(30)31-5/h7-14,16-17,26H,15H2,1-6H3. The predicted molar refractivity (Wildman–Crippen MR) is 146 cm³/mol. The molecule has 0 unspecified atom stereocenters. The zero-order valence-corrected chi connectivity index (χ0v) is 22.8. The summed E-state index contributed by atoms with van der Waals surface area (Å²) in [6.45, 7) is 9.33. The second kappa shape index (κ2) is 12.0. The summed E-state index contributed by atoms with van der Waals surface area (Å²) in [5.41, 5.74) is 3.86. The second-order valence-electron chi connectivity index (χ2n) is 8.28. The van der Waals surface area contributed by atoms with E-state index >= 15 is 0 Å². The lowest BCUT2D eigenvalue weighted by atomic mass is 10.0. The lowest BCUT2D eigenvalue weighted by molar-refractivity contribution is -0.132. The molecule has 0 atom stereocenters. The number of fused-ring (bicyclic) bond motifs is 1. The summed E-state index contributed by atoms with van der Waals surface area (Å²) in [7, 11) is 2.74. The number of hydrogen-bond acceptors (Lipinski definition) is 6. The van der Waals surface area contributed by atoms with E-state index in [9.17, 15) is 4.79 Å². The van der Waals surface area contributed by atoms with Crippen molar-refractivity contribution < 1.29 is 14.4 Å². The molecule has 0 aliphatic heterocycles. The van der Waals surface area contributed by atoms with E-state index in [1.807, 2.05) is 53.9 Å². The first-order valence-electron chi connectivity index (χ1n) is 11.1. The van der Waals surface area contributed by atoms with Gasteiger partial charge in [0, 0.05) is 39.1 Å². The van der Waals surface area contributed by atoms with Gasteiger partial charge >= 0.3 is 5.97 Å². The Labute approximate surface area is 215 Å². The molecule has 0 aliphatic carbocycles. The average molecular weight is 519 g/mol. The quantitative estimate of drug-likeness (QED) is 0.123. The van der Waals surface area contributed by atoms with Gasteiger partial charge in [-0.3, -0.25) is 0 Å². The van der Waals surface area contributed by atoms with Crippen molar-refractivity contribution in [2.75, 3.05) is 14.2 Å². The van der Waals surface area contributed by atoms with Crippen molar-refractivity contribution in [2.45, 2.75) is 49.3 Å². The molecule has 0 saturated heterocycles. The fourth-order valence-electron chi connectivity index (χ4n) is 3.78. The molecule has 8 heteroatoms. The molecular formula is C26H31ClN2O3S2. The minimum atomic E-state index is -0.555. The molecule has 3 aromatic rings. The van der Waals surface area contributed by atoms with Crippen LogP contribution < -0.4 is 0 Å². The van der Waals surface area contributed by atoms with Gasteiger partial charge in [-0.05, 0) is 11.6 Å². The number of methoxy groups -OCH3 is 1. The van der Waals surface area contributed by atoms with Crippen LogP contribution >= 0.6 is 35.1 Å². The number of oxime groups is 1. The number of para-hydroxylation sites is 1. The fourth-order valence-corrected chi connectivity index (χ4v) is 7.60. The number of hydrogen-bond donors (Lipinski definition) is 0. The molecule has 2 aromatic carbocycles. The molecule has 0 fully saturated rings. The van der Waals surface area contributed by atoms with Crippen LogP contribution in [0.5, 0.6) is 0 Å². The molecule has 0 N–H and O–H groups in total. The normalized spacial score (nSPS) is 12.2. The second-order valence-corrected chi connectivity index (χ2v) is 12.3. The highest BCUT2D eigenvalue weighted by molar-refractivity contribution is 8.16. The van der Waals surface area contributed by atoms with E-state index in [0.29, 0.717) is 27.8 Å². The zero-order chi connectivity index (χ0) is 24.8. The molecule has 5 nitrogen and oxygen atoms in total. The highest BCUT2D eigenvalue weighted by Crippen LogP contribution is 2.49. The largest absolute Gasteiger partial charge is 0.464 e. The fraction of sp³-hybridized carbons (Fsp3) is 0.385. The topological polar surface area (TPSA) is 52.8 Å². The molecule has 182 valence electrons. The highest BCUT2D eigenvalue weighted by atomic mass is 35.5. The lowest BCUT2D eigenvalue weighted by Gasteiger charge is -2.21. The number of halogens is 1. The molecule has 0 aliphatic rings. The Morgan fingerprint density at radius 3 is 2.24 bits per heavy atom. The number of carbonyl (C=O) groups is 1. The molecule has 34 heavy (non-hydrogen) atoms. The van der Waals surface area contributed by atoms with Gasteiger partial charge in [-0.15, -0.1) is 23.5 Å². The number of rotatable bonds is 10. The molecule has 1 aromatic heterocycles. The van der Waals surface area contributed by atoms with Crippen LogP contribution in [0.1, 0.15) is 49.0 Å². The minimum Gasteiger partial charge on any atom is -0.464 e. The van der Waals surface area contributed by atoms with Crippen LogP contribution in [0.15, 0.2) is 53.7 Å². The molecule has 0 saturated carbocycles. The van der Waals surface area contributed by atoms with Gasteiger partial charge in [-0.1, -0.05) is 86.9 Å². The molecule has 1 heterocycles. The monoisotopic (exact) mass is 518 g/mol. The molecule has 0 amide bonds. The van der Waals surface area contributed by atoms with Crippen molar-refractivity contribution in [1.82, 2.24) is 4.57 Å².